The van der Waals surface area contributed by atoms with Gasteiger partial charge in [-0.25, -0.2) is 19.3 Å². The zero-order valence-corrected chi connectivity index (χ0v) is 31.6. The molecule has 2 aromatic heterocycles. The van der Waals surface area contributed by atoms with E-state index in [9.17, 15) is 9.18 Å². The van der Waals surface area contributed by atoms with Crippen molar-refractivity contribution >= 4 is 40.4 Å². The number of pyridine rings is 1. The highest BCUT2D eigenvalue weighted by Crippen LogP contribution is 2.30. The highest BCUT2D eigenvalue weighted by Gasteiger charge is 2.17. The van der Waals surface area contributed by atoms with Gasteiger partial charge in [-0.2, -0.15) is 5.10 Å². The monoisotopic (exact) mass is 675 g/mol. The molecule has 268 valence electrons. The Hall–Kier alpha value is -4.60. The van der Waals surface area contributed by atoms with E-state index in [0.717, 1.165) is 84.4 Å². The van der Waals surface area contributed by atoms with Gasteiger partial charge in [0.05, 0.1) is 12.1 Å². The molecule has 3 heterocycles. The second-order valence-corrected chi connectivity index (χ2v) is 11.1. The number of nitrogens with zero attached hydrogens (tertiary/aromatic N) is 6. The molecule has 9 nitrogen and oxygen atoms in total. The summed E-state index contributed by atoms with van der Waals surface area (Å²) >= 11 is 0. The van der Waals surface area contributed by atoms with E-state index in [1.165, 1.54) is 0 Å². The maximum absolute atomic E-state index is 11.3. The Bertz CT molecular complexity index is 1560. The molecule has 1 aromatic carbocycles. The number of carbonyl (C=O) groups is 1. The molecule has 49 heavy (non-hydrogen) atoms. The number of Topliss-reactive ketones (excluding diaryl/α,β-unsaturated/α-hetero) is 1. The third-order valence-electron chi connectivity index (χ3n) is 7.29. The summed E-state index contributed by atoms with van der Waals surface area (Å²) in [6, 6.07) is 8.17. The van der Waals surface area contributed by atoms with Gasteiger partial charge in [0.1, 0.15) is 29.2 Å². The second kappa shape index (κ2) is 22.9. The summed E-state index contributed by atoms with van der Waals surface area (Å²) in [5.41, 5.74) is 4.69. The van der Waals surface area contributed by atoms with Gasteiger partial charge in [-0.15, -0.1) is 0 Å². The van der Waals surface area contributed by atoms with Gasteiger partial charge < -0.3 is 15.0 Å². The largest absolute Gasteiger partial charge is 0.457 e. The van der Waals surface area contributed by atoms with Crippen molar-refractivity contribution in [2.24, 2.45) is 11.0 Å². The molecule has 0 radical (unpaired) electrons. The van der Waals surface area contributed by atoms with Gasteiger partial charge in [-0.05, 0) is 80.7 Å². The number of fused-ring (bicyclic) bond motifs is 1. The fourth-order valence-electron chi connectivity index (χ4n) is 4.51. The van der Waals surface area contributed by atoms with Crippen LogP contribution in [0.1, 0.15) is 92.7 Å². The van der Waals surface area contributed by atoms with Crippen LogP contribution in [0.3, 0.4) is 0 Å². The fraction of sp³-hybridized carbons (Fsp3) is 0.462. The SMILES string of the molecule is C/C=N\N1C=CC(Oc2ccc(Nc3ncnc4cc(C)c(N(CCCC)CC(C)CC)nc34)cc2C)=CC1.C=C(F)C(C)=O.CC.CC. The van der Waals surface area contributed by atoms with Crippen molar-refractivity contribution < 1.29 is 13.9 Å². The molecule has 0 saturated heterocycles. The van der Waals surface area contributed by atoms with Crippen molar-refractivity contribution in [2.75, 3.05) is 29.9 Å². The zero-order valence-electron chi connectivity index (χ0n) is 31.6. The summed E-state index contributed by atoms with van der Waals surface area (Å²) < 4.78 is 17.4. The Morgan fingerprint density at radius 3 is 2.41 bits per heavy atom. The van der Waals surface area contributed by atoms with Crippen LogP contribution >= 0.6 is 0 Å². The Morgan fingerprint density at radius 1 is 1.16 bits per heavy atom. The van der Waals surface area contributed by atoms with Crippen LogP contribution in [0.25, 0.3) is 11.0 Å². The predicted octanol–water partition coefficient (Wildman–Crippen LogP) is 10.2. The maximum Gasteiger partial charge on any atom is 0.187 e. The van der Waals surface area contributed by atoms with Gasteiger partial charge in [0, 0.05) is 38.1 Å². The highest BCUT2D eigenvalue weighted by molar-refractivity contribution is 5.90. The molecular formula is C39H58FN7O2. The quantitative estimate of drug-likeness (QED) is 0.141. The lowest BCUT2D eigenvalue weighted by Gasteiger charge is -2.28. The number of aryl methyl sites for hydroxylation is 2. The van der Waals surface area contributed by atoms with Crippen LogP contribution in [-0.4, -0.2) is 51.6 Å². The molecule has 0 bridgehead atoms. The van der Waals surface area contributed by atoms with Crippen LogP contribution in [0.2, 0.25) is 0 Å². The molecule has 3 aromatic rings. The van der Waals surface area contributed by atoms with Gasteiger partial charge in [0.2, 0.25) is 0 Å². The molecule has 10 heteroatoms. The van der Waals surface area contributed by atoms with Crippen LogP contribution in [0, 0.1) is 19.8 Å². The number of hydrazone groups is 1. The lowest BCUT2D eigenvalue weighted by molar-refractivity contribution is -0.114. The number of allylic oxidation sites excluding steroid dienone is 2. The van der Waals surface area contributed by atoms with E-state index in [-0.39, 0.29) is 0 Å². The summed E-state index contributed by atoms with van der Waals surface area (Å²) in [6.07, 6.45) is 12.6. The van der Waals surface area contributed by atoms with Crippen LogP contribution in [0.5, 0.6) is 5.75 Å². The first-order chi connectivity index (χ1) is 23.6. The van der Waals surface area contributed by atoms with Crippen molar-refractivity contribution in [3.63, 3.8) is 0 Å². The zero-order chi connectivity index (χ0) is 36.9. The molecular weight excluding hydrogens is 617 g/mol. The van der Waals surface area contributed by atoms with Crippen molar-refractivity contribution in [3.05, 3.63) is 78.2 Å². The minimum Gasteiger partial charge on any atom is -0.457 e. The third-order valence-corrected chi connectivity index (χ3v) is 7.29. The van der Waals surface area contributed by atoms with Crippen LogP contribution in [0.15, 0.2) is 72.2 Å². The normalized spacial score (nSPS) is 12.4. The molecule has 4 rings (SSSR count). The maximum atomic E-state index is 11.3. The molecule has 1 aliphatic heterocycles. The van der Waals surface area contributed by atoms with E-state index in [2.05, 4.69) is 71.7 Å². The van der Waals surface area contributed by atoms with Gasteiger partial charge in [-0.1, -0.05) is 67.9 Å². The summed E-state index contributed by atoms with van der Waals surface area (Å²) in [4.78, 5) is 26.3. The number of rotatable bonds is 13. The van der Waals surface area contributed by atoms with Crippen molar-refractivity contribution in [2.45, 2.75) is 95.4 Å². The predicted molar refractivity (Wildman–Crippen MR) is 205 cm³/mol. The molecule has 1 N–H and O–H groups in total. The summed E-state index contributed by atoms with van der Waals surface area (Å²) in [5, 5.41) is 9.59. The smallest absolute Gasteiger partial charge is 0.187 e. The first-order valence-corrected chi connectivity index (χ1v) is 17.5. The van der Waals surface area contributed by atoms with Crippen LogP contribution in [-0.2, 0) is 4.79 Å². The number of aromatic nitrogens is 3. The number of halogens is 1. The van der Waals surface area contributed by atoms with E-state index < -0.39 is 11.6 Å². The number of ether oxygens (including phenoxy) is 1. The Morgan fingerprint density at radius 2 is 1.86 bits per heavy atom. The Balaban J connectivity index is 0.00000107. The standard InChI is InChI=1S/C31H41N7O.C4H5FO.2C2H6/c1-7-10-15-37(20-22(4)8-2)31-24(6)19-27-29(36-31)30(33-21-32-27)35-25-11-12-28(23(5)18-25)39-26-13-16-38(17-14-26)34-9-3;1-3(5)4(2)6;2*1-2/h9,11-14,16,18-19,21-22H,7-8,10,15,17,20H2,1-6H3,(H,32,33,35);1H2,2H3;2*1-2H3/b34-9-;;;. The number of hydrogen-bond acceptors (Lipinski definition) is 9. The van der Waals surface area contributed by atoms with Crippen LogP contribution in [0.4, 0.5) is 21.7 Å². The fourth-order valence-corrected chi connectivity index (χ4v) is 4.51. The van der Waals surface area contributed by atoms with Gasteiger partial charge in [-0.3, -0.25) is 9.80 Å². The van der Waals surface area contributed by atoms with Gasteiger partial charge in [0.25, 0.3) is 0 Å². The van der Waals surface area contributed by atoms with Crippen molar-refractivity contribution in [1.29, 1.82) is 0 Å². The summed E-state index contributed by atoms with van der Waals surface area (Å²) in [7, 11) is 0. The first-order valence-electron chi connectivity index (χ1n) is 17.5. The molecule has 0 amide bonds. The van der Waals surface area contributed by atoms with Crippen molar-refractivity contribution in [1.82, 2.24) is 20.0 Å². The molecule has 0 spiro atoms. The lowest BCUT2D eigenvalue weighted by Crippen LogP contribution is -2.31. The van der Waals surface area contributed by atoms with E-state index in [0.29, 0.717) is 18.3 Å². The number of unbranched alkanes of at least 4 members (excludes halogenated alkanes) is 1. The summed E-state index contributed by atoms with van der Waals surface area (Å²) in [5.74, 6) is 2.44. The number of nitrogens with one attached hydrogen (secondary N) is 1. The molecule has 0 aliphatic carbocycles. The topological polar surface area (TPSA) is 95.8 Å². The molecule has 0 saturated carbocycles. The lowest BCUT2D eigenvalue weighted by atomic mass is 10.1. The average molecular weight is 676 g/mol. The number of hydrogen-bond donors (Lipinski definition) is 1. The van der Waals surface area contributed by atoms with Gasteiger partial charge >= 0.3 is 0 Å². The average Bonchev–Trinajstić information content (AvgIpc) is 3.10. The molecule has 1 unspecified atom stereocenters. The number of anilines is 3. The molecule has 1 atom stereocenters. The molecule has 0 fully saturated rings. The van der Waals surface area contributed by atoms with Crippen molar-refractivity contribution in [3.8, 4) is 5.75 Å². The van der Waals surface area contributed by atoms with E-state index in [4.69, 9.17) is 9.72 Å². The Labute approximate surface area is 294 Å². The van der Waals surface area contributed by atoms with Gasteiger partial charge in [0.15, 0.2) is 17.4 Å². The van der Waals surface area contributed by atoms with E-state index in [1.807, 2.05) is 77.0 Å². The van der Waals surface area contributed by atoms with E-state index in [1.54, 1.807) is 12.5 Å². The minimum atomic E-state index is -0.880. The van der Waals surface area contributed by atoms with Crippen LogP contribution < -0.4 is 15.0 Å². The second-order valence-electron chi connectivity index (χ2n) is 11.1. The first kappa shape index (κ1) is 42.4. The van der Waals surface area contributed by atoms with E-state index >= 15 is 0 Å². The minimum absolute atomic E-state index is 0.593. The summed E-state index contributed by atoms with van der Waals surface area (Å²) in [6.45, 7) is 27.4. The molecule has 1 aliphatic rings. The number of benzene rings is 1. The third kappa shape index (κ3) is 13.8. The number of ketones is 1. The Kier molecular flexibility index (Phi) is 19.8. The highest BCUT2D eigenvalue weighted by atomic mass is 19.1. The number of carbonyl (C=O) groups excluding carboxylic acids is 1.